The minimum Gasteiger partial charge on any atom is -0.490 e. The molecule has 0 bridgehead atoms. The van der Waals surface area contributed by atoms with Crippen molar-refractivity contribution in [2.45, 2.75) is 13.8 Å². The average Bonchev–Trinajstić information content (AvgIpc) is 2.94. The van der Waals surface area contributed by atoms with Crippen molar-refractivity contribution in [3.63, 3.8) is 0 Å². The number of aromatic nitrogens is 2. The van der Waals surface area contributed by atoms with E-state index < -0.39 is 5.97 Å². The molecular weight excluding hydrogens is 558 g/mol. The number of halogens is 1. The summed E-state index contributed by atoms with van der Waals surface area (Å²) in [5, 5.41) is 5.00. The zero-order valence-electron chi connectivity index (χ0n) is 21.3. The van der Waals surface area contributed by atoms with Crippen molar-refractivity contribution >= 4 is 39.0 Å². The molecular formula is C31H24BrN3O4. The molecule has 0 aliphatic heterocycles. The Balaban J connectivity index is 1.52. The fourth-order valence-corrected chi connectivity index (χ4v) is 4.29. The predicted molar refractivity (Wildman–Crippen MR) is 156 cm³/mol. The van der Waals surface area contributed by atoms with E-state index in [0.29, 0.717) is 40.2 Å². The minimum atomic E-state index is -0.499. The van der Waals surface area contributed by atoms with Gasteiger partial charge in [-0.15, -0.1) is 0 Å². The van der Waals surface area contributed by atoms with Crippen LogP contribution in [0.1, 0.15) is 28.4 Å². The number of benzene rings is 4. The summed E-state index contributed by atoms with van der Waals surface area (Å²) in [6, 6.07) is 27.0. The number of carbonyl (C=O) groups is 1. The van der Waals surface area contributed by atoms with Crippen molar-refractivity contribution in [1.82, 2.24) is 9.66 Å². The van der Waals surface area contributed by atoms with E-state index in [2.05, 4.69) is 21.0 Å². The van der Waals surface area contributed by atoms with Crippen LogP contribution in [0.5, 0.6) is 11.5 Å². The zero-order valence-corrected chi connectivity index (χ0v) is 22.9. The Morgan fingerprint density at radius 1 is 0.974 bits per heavy atom. The highest BCUT2D eigenvalue weighted by molar-refractivity contribution is 9.10. The smallest absolute Gasteiger partial charge is 0.343 e. The predicted octanol–water partition coefficient (Wildman–Crippen LogP) is 6.63. The second-order valence-corrected chi connectivity index (χ2v) is 9.63. The van der Waals surface area contributed by atoms with Gasteiger partial charge in [-0.3, -0.25) is 4.79 Å². The number of esters is 1. The molecule has 0 unspecified atom stereocenters. The zero-order chi connectivity index (χ0) is 27.4. The normalized spacial score (nSPS) is 11.2. The van der Waals surface area contributed by atoms with E-state index >= 15 is 0 Å². The fourth-order valence-electron chi connectivity index (χ4n) is 4.03. The number of aryl methyl sites for hydroxylation is 1. The number of hydrogen-bond donors (Lipinski definition) is 0. The van der Waals surface area contributed by atoms with E-state index in [4.69, 9.17) is 14.5 Å². The van der Waals surface area contributed by atoms with Gasteiger partial charge >= 0.3 is 5.97 Å². The summed E-state index contributed by atoms with van der Waals surface area (Å²) in [5.41, 5.74) is 3.20. The van der Waals surface area contributed by atoms with Crippen LogP contribution in [0.4, 0.5) is 0 Å². The minimum absolute atomic E-state index is 0.279. The maximum Gasteiger partial charge on any atom is 0.343 e. The van der Waals surface area contributed by atoms with E-state index in [1.165, 1.54) is 4.68 Å². The SMILES string of the molecule is CCOc1cc(C=Nn2c(-c3cccc(C)c3)nc3ccccc3c2=O)ccc1OC(=O)c1ccc(Br)cc1. The number of hydrogen-bond acceptors (Lipinski definition) is 6. The van der Waals surface area contributed by atoms with Gasteiger partial charge < -0.3 is 9.47 Å². The Morgan fingerprint density at radius 2 is 1.77 bits per heavy atom. The van der Waals surface area contributed by atoms with Crippen LogP contribution in [0.15, 0.2) is 105 Å². The van der Waals surface area contributed by atoms with Gasteiger partial charge in [0.05, 0.1) is 29.3 Å². The van der Waals surface area contributed by atoms with Crippen LogP contribution in [0.25, 0.3) is 22.3 Å². The van der Waals surface area contributed by atoms with Crippen molar-refractivity contribution in [3.8, 4) is 22.9 Å². The molecule has 5 aromatic rings. The summed E-state index contributed by atoms with van der Waals surface area (Å²) in [7, 11) is 0. The van der Waals surface area contributed by atoms with Gasteiger partial charge in [0, 0.05) is 10.0 Å². The van der Waals surface area contributed by atoms with E-state index in [1.54, 1.807) is 60.8 Å². The first-order valence-corrected chi connectivity index (χ1v) is 13.1. The topological polar surface area (TPSA) is 82.8 Å². The summed E-state index contributed by atoms with van der Waals surface area (Å²) < 4.78 is 13.5. The largest absolute Gasteiger partial charge is 0.490 e. The molecule has 5 rings (SSSR count). The number of para-hydroxylation sites is 1. The first-order valence-electron chi connectivity index (χ1n) is 12.3. The van der Waals surface area contributed by atoms with Crippen LogP contribution >= 0.6 is 15.9 Å². The van der Waals surface area contributed by atoms with Crippen LogP contribution in [-0.2, 0) is 0 Å². The second kappa shape index (κ2) is 11.4. The lowest BCUT2D eigenvalue weighted by Crippen LogP contribution is -2.20. The van der Waals surface area contributed by atoms with Crippen LogP contribution < -0.4 is 15.0 Å². The molecule has 1 aromatic heterocycles. The fraction of sp³-hybridized carbons (Fsp3) is 0.0968. The van der Waals surface area contributed by atoms with Gasteiger partial charge in [0.25, 0.3) is 5.56 Å². The summed E-state index contributed by atoms with van der Waals surface area (Å²) in [6.45, 7) is 4.20. The molecule has 0 fully saturated rings. The molecule has 0 aliphatic rings. The number of carbonyl (C=O) groups excluding carboxylic acids is 1. The lowest BCUT2D eigenvalue weighted by molar-refractivity contribution is 0.0728. The molecule has 0 aliphatic carbocycles. The van der Waals surface area contributed by atoms with Crippen molar-refractivity contribution in [1.29, 1.82) is 0 Å². The Labute approximate surface area is 233 Å². The lowest BCUT2D eigenvalue weighted by Gasteiger charge is -2.12. The van der Waals surface area contributed by atoms with Crippen molar-refractivity contribution in [3.05, 3.63) is 123 Å². The number of nitrogens with zero attached hydrogens (tertiary/aromatic N) is 3. The molecule has 39 heavy (non-hydrogen) atoms. The summed E-state index contributed by atoms with van der Waals surface area (Å²) in [6.07, 6.45) is 1.56. The van der Waals surface area contributed by atoms with E-state index in [9.17, 15) is 9.59 Å². The Hall–Kier alpha value is -4.56. The van der Waals surface area contributed by atoms with E-state index in [1.807, 2.05) is 50.2 Å². The number of ether oxygens (including phenoxy) is 2. The third kappa shape index (κ3) is 5.81. The van der Waals surface area contributed by atoms with Gasteiger partial charge in [-0.05, 0) is 80.1 Å². The van der Waals surface area contributed by atoms with Gasteiger partial charge in [0.2, 0.25) is 0 Å². The van der Waals surface area contributed by atoms with Crippen molar-refractivity contribution in [2.75, 3.05) is 6.61 Å². The first-order chi connectivity index (χ1) is 18.9. The third-order valence-electron chi connectivity index (χ3n) is 5.90. The molecule has 0 atom stereocenters. The van der Waals surface area contributed by atoms with Crippen molar-refractivity contribution in [2.24, 2.45) is 5.10 Å². The highest BCUT2D eigenvalue weighted by Gasteiger charge is 2.15. The van der Waals surface area contributed by atoms with Crippen LogP contribution in [0.3, 0.4) is 0 Å². The highest BCUT2D eigenvalue weighted by Crippen LogP contribution is 2.29. The molecule has 194 valence electrons. The van der Waals surface area contributed by atoms with Gasteiger partial charge in [-0.1, -0.05) is 51.8 Å². The number of rotatable bonds is 7. The third-order valence-corrected chi connectivity index (χ3v) is 6.43. The molecule has 4 aromatic carbocycles. The number of fused-ring (bicyclic) bond motifs is 1. The van der Waals surface area contributed by atoms with Crippen LogP contribution in [0, 0.1) is 6.92 Å². The van der Waals surface area contributed by atoms with Crippen molar-refractivity contribution < 1.29 is 14.3 Å². The lowest BCUT2D eigenvalue weighted by atomic mass is 10.1. The monoisotopic (exact) mass is 581 g/mol. The molecule has 7 nitrogen and oxygen atoms in total. The van der Waals surface area contributed by atoms with E-state index in [-0.39, 0.29) is 11.3 Å². The molecule has 1 heterocycles. The van der Waals surface area contributed by atoms with E-state index in [0.717, 1.165) is 15.6 Å². The molecule has 0 amide bonds. The molecule has 0 N–H and O–H groups in total. The first kappa shape index (κ1) is 26.1. The Bertz CT molecular complexity index is 1760. The van der Waals surface area contributed by atoms with Crippen LogP contribution in [-0.4, -0.2) is 28.5 Å². The summed E-state index contributed by atoms with van der Waals surface area (Å²) in [5.74, 6) is 0.604. The quantitative estimate of drug-likeness (QED) is 0.122. The standard InChI is InChI=1S/C31H24BrN3O4/c1-3-38-28-18-21(11-16-27(28)39-31(37)22-12-14-24(32)15-13-22)19-33-35-29(23-8-6-7-20(2)17-23)34-26-10-5-4-9-25(26)30(35)36/h4-19H,3H2,1-2H3. The molecule has 0 radical (unpaired) electrons. The maximum atomic E-state index is 13.5. The molecule has 0 spiro atoms. The average molecular weight is 582 g/mol. The summed E-state index contributed by atoms with van der Waals surface area (Å²) in [4.78, 5) is 30.9. The molecule has 0 saturated heterocycles. The van der Waals surface area contributed by atoms with Crippen LogP contribution in [0.2, 0.25) is 0 Å². The highest BCUT2D eigenvalue weighted by atomic mass is 79.9. The molecule has 8 heteroatoms. The molecule has 0 saturated carbocycles. The Kier molecular flexibility index (Phi) is 7.65. The van der Waals surface area contributed by atoms with Gasteiger partial charge in [0.1, 0.15) is 0 Å². The van der Waals surface area contributed by atoms with Gasteiger partial charge in [-0.2, -0.15) is 9.78 Å². The van der Waals surface area contributed by atoms with Gasteiger partial charge in [-0.25, -0.2) is 9.78 Å². The summed E-state index contributed by atoms with van der Waals surface area (Å²) >= 11 is 3.36. The maximum absolute atomic E-state index is 13.5. The second-order valence-electron chi connectivity index (χ2n) is 8.72. The Morgan fingerprint density at radius 3 is 2.54 bits per heavy atom. The van der Waals surface area contributed by atoms with Gasteiger partial charge in [0.15, 0.2) is 17.3 Å².